The summed E-state index contributed by atoms with van der Waals surface area (Å²) in [7, 11) is 0. The number of allylic oxidation sites excluding steroid dienone is 2. The summed E-state index contributed by atoms with van der Waals surface area (Å²) in [6.45, 7) is 6.89. The van der Waals surface area contributed by atoms with Crippen LogP contribution in [0.3, 0.4) is 0 Å². The van der Waals surface area contributed by atoms with Crippen LogP contribution in [0.1, 0.15) is 77.7 Å². The fourth-order valence-electron chi connectivity index (χ4n) is 2.59. The molecule has 0 heteroatoms. The summed E-state index contributed by atoms with van der Waals surface area (Å²) in [6.07, 6.45) is 10.5. The molecule has 0 saturated heterocycles. The van der Waals surface area contributed by atoms with E-state index in [9.17, 15) is 0 Å². The second-order valence-corrected chi connectivity index (χ2v) is 5.54. The summed E-state index contributed by atoms with van der Waals surface area (Å²) < 4.78 is 0. The van der Waals surface area contributed by atoms with Crippen LogP contribution in [-0.2, 0) is 0 Å². The van der Waals surface area contributed by atoms with Gasteiger partial charge < -0.3 is 0 Å². The van der Waals surface area contributed by atoms with E-state index < -0.39 is 0 Å². The normalized spacial score (nSPS) is 12.4. The molecule has 0 nitrogen and oxygen atoms in total. The summed E-state index contributed by atoms with van der Waals surface area (Å²) >= 11 is 0. The molecule has 0 unspecified atom stereocenters. The first-order valence-electron chi connectivity index (χ1n) is 8.03. The van der Waals surface area contributed by atoms with Crippen molar-refractivity contribution in [1.82, 2.24) is 0 Å². The molecule has 0 heterocycles. The maximum atomic E-state index is 2.34. The van der Waals surface area contributed by atoms with Crippen molar-refractivity contribution in [2.45, 2.75) is 72.1 Å². The summed E-state index contributed by atoms with van der Waals surface area (Å²) in [5.41, 5.74) is 4.65. The van der Waals surface area contributed by atoms with Crippen LogP contribution in [0.2, 0.25) is 0 Å². The number of benzene rings is 1. The second kappa shape index (κ2) is 9.83. The van der Waals surface area contributed by atoms with Gasteiger partial charge in [-0.05, 0) is 43.7 Å². The summed E-state index contributed by atoms with van der Waals surface area (Å²) in [4.78, 5) is 0. The third kappa shape index (κ3) is 6.09. The molecule has 0 aliphatic carbocycles. The van der Waals surface area contributed by atoms with Crippen molar-refractivity contribution < 1.29 is 0 Å². The molecule has 0 fully saturated rings. The molecule has 1 rings (SSSR count). The molecule has 1 aromatic rings. The molecular formula is C19H30. The highest BCUT2D eigenvalue weighted by atomic mass is 14.1. The Hall–Kier alpha value is -1.04. The van der Waals surface area contributed by atoms with Crippen molar-refractivity contribution >= 4 is 5.57 Å². The lowest BCUT2D eigenvalue weighted by molar-refractivity contribution is 0.705. The summed E-state index contributed by atoms with van der Waals surface area (Å²) in [6, 6.07) is 11.0. The van der Waals surface area contributed by atoms with Gasteiger partial charge in [-0.15, -0.1) is 0 Å². The Morgan fingerprint density at radius 3 is 1.95 bits per heavy atom. The van der Waals surface area contributed by atoms with E-state index in [4.69, 9.17) is 0 Å². The van der Waals surface area contributed by atoms with E-state index in [-0.39, 0.29) is 0 Å². The van der Waals surface area contributed by atoms with E-state index in [1.54, 1.807) is 11.1 Å². The van der Waals surface area contributed by atoms with Crippen molar-refractivity contribution in [3.05, 3.63) is 41.5 Å². The van der Waals surface area contributed by atoms with Crippen molar-refractivity contribution in [3.63, 3.8) is 0 Å². The van der Waals surface area contributed by atoms with Crippen LogP contribution in [0.15, 0.2) is 35.9 Å². The number of hydrogen-bond acceptors (Lipinski definition) is 0. The van der Waals surface area contributed by atoms with Crippen LogP contribution >= 0.6 is 0 Å². The van der Waals surface area contributed by atoms with Gasteiger partial charge in [0.2, 0.25) is 0 Å². The van der Waals surface area contributed by atoms with Gasteiger partial charge in [0.15, 0.2) is 0 Å². The van der Waals surface area contributed by atoms with Gasteiger partial charge >= 0.3 is 0 Å². The topological polar surface area (TPSA) is 0 Å². The molecular weight excluding hydrogens is 228 g/mol. The molecule has 19 heavy (non-hydrogen) atoms. The van der Waals surface area contributed by atoms with Gasteiger partial charge in [0.05, 0.1) is 0 Å². The SMILES string of the molecule is CCCCC/C(C)=C(\CCCCC)c1ccccc1. The predicted molar refractivity (Wildman–Crippen MR) is 87.3 cm³/mol. The predicted octanol–water partition coefficient (Wildman–Crippen LogP) is 6.62. The minimum Gasteiger partial charge on any atom is -0.0695 e. The van der Waals surface area contributed by atoms with Crippen molar-refractivity contribution in [2.24, 2.45) is 0 Å². The Bertz CT molecular complexity index is 359. The molecule has 0 N–H and O–H groups in total. The molecule has 0 aliphatic rings. The van der Waals surface area contributed by atoms with Crippen LogP contribution in [0.4, 0.5) is 0 Å². The van der Waals surface area contributed by atoms with Crippen molar-refractivity contribution in [2.75, 3.05) is 0 Å². The zero-order valence-corrected chi connectivity index (χ0v) is 13.0. The minimum absolute atomic E-state index is 1.25. The Morgan fingerprint density at radius 2 is 1.37 bits per heavy atom. The van der Waals surface area contributed by atoms with E-state index in [2.05, 4.69) is 51.1 Å². The lowest BCUT2D eigenvalue weighted by Gasteiger charge is -2.13. The van der Waals surface area contributed by atoms with E-state index in [0.29, 0.717) is 0 Å². The maximum absolute atomic E-state index is 2.34. The van der Waals surface area contributed by atoms with Gasteiger partial charge in [-0.25, -0.2) is 0 Å². The van der Waals surface area contributed by atoms with Crippen molar-refractivity contribution in [1.29, 1.82) is 0 Å². The van der Waals surface area contributed by atoms with E-state index >= 15 is 0 Å². The van der Waals surface area contributed by atoms with Gasteiger partial charge in [0.25, 0.3) is 0 Å². The number of unbranched alkanes of at least 4 members (excludes halogenated alkanes) is 4. The van der Waals surface area contributed by atoms with Crippen LogP contribution in [-0.4, -0.2) is 0 Å². The largest absolute Gasteiger partial charge is 0.0695 e. The Kier molecular flexibility index (Phi) is 8.29. The third-order valence-corrected chi connectivity index (χ3v) is 3.82. The van der Waals surface area contributed by atoms with Gasteiger partial charge in [0.1, 0.15) is 0 Å². The second-order valence-electron chi connectivity index (χ2n) is 5.54. The van der Waals surface area contributed by atoms with Gasteiger partial charge in [-0.3, -0.25) is 0 Å². The molecule has 0 aromatic heterocycles. The fraction of sp³-hybridized carbons (Fsp3) is 0.579. The van der Waals surface area contributed by atoms with E-state index in [0.717, 1.165) is 0 Å². The lowest BCUT2D eigenvalue weighted by atomic mass is 9.93. The molecule has 0 radical (unpaired) electrons. The zero-order valence-electron chi connectivity index (χ0n) is 13.0. The standard InChI is InChI=1S/C19H30/c1-4-6-9-13-17(3)19(16-10-7-5-2)18-14-11-8-12-15-18/h8,11-12,14-15H,4-7,9-10,13,16H2,1-3H3/b19-17+. The first-order chi connectivity index (χ1) is 9.29. The molecule has 0 saturated carbocycles. The molecule has 106 valence electrons. The summed E-state index contributed by atoms with van der Waals surface area (Å²) in [5.74, 6) is 0. The van der Waals surface area contributed by atoms with Crippen molar-refractivity contribution in [3.8, 4) is 0 Å². The Labute approximate surface area is 119 Å². The Balaban J connectivity index is 2.75. The molecule has 1 aromatic carbocycles. The highest BCUT2D eigenvalue weighted by Gasteiger charge is 2.05. The molecule has 0 spiro atoms. The van der Waals surface area contributed by atoms with Crippen LogP contribution in [0.5, 0.6) is 0 Å². The van der Waals surface area contributed by atoms with Crippen LogP contribution < -0.4 is 0 Å². The molecule has 0 aliphatic heterocycles. The quantitative estimate of drug-likeness (QED) is 0.436. The number of hydrogen-bond donors (Lipinski definition) is 0. The first kappa shape index (κ1) is 16.0. The first-order valence-corrected chi connectivity index (χ1v) is 8.03. The zero-order chi connectivity index (χ0) is 13.9. The maximum Gasteiger partial charge on any atom is -0.0225 e. The van der Waals surface area contributed by atoms with Crippen LogP contribution in [0, 0.1) is 0 Å². The van der Waals surface area contributed by atoms with Crippen LogP contribution in [0.25, 0.3) is 5.57 Å². The monoisotopic (exact) mass is 258 g/mol. The van der Waals surface area contributed by atoms with E-state index in [1.807, 2.05) is 0 Å². The average molecular weight is 258 g/mol. The Morgan fingerprint density at radius 1 is 0.789 bits per heavy atom. The highest BCUT2D eigenvalue weighted by Crippen LogP contribution is 2.27. The van der Waals surface area contributed by atoms with Gasteiger partial charge in [-0.2, -0.15) is 0 Å². The number of rotatable bonds is 9. The summed E-state index contributed by atoms with van der Waals surface area (Å²) in [5, 5.41) is 0. The fourth-order valence-corrected chi connectivity index (χ4v) is 2.59. The highest BCUT2D eigenvalue weighted by molar-refractivity contribution is 5.68. The lowest BCUT2D eigenvalue weighted by Crippen LogP contribution is -1.91. The van der Waals surface area contributed by atoms with E-state index in [1.165, 1.54) is 56.9 Å². The van der Waals surface area contributed by atoms with Gasteiger partial charge in [-0.1, -0.05) is 75.4 Å². The third-order valence-electron chi connectivity index (χ3n) is 3.82. The smallest absolute Gasteiger partial charge is 0.0225 e. The molecule has 0 amide bonds. The minimum atomic E-state index is 1.25. The average Bonchev–Trinajstić information content (AvgIpc) is 2.45. The van der Waals surface area contributed by atoms with Gasteiger partial charge in [0, 0.05) is 0 Å². The molecule has 0 bridgehead atoms. The molecule has 0 atom stereocenters.